The van der Waals surface area contributed by atoms with Crippen molar-refractivity contribution in [2.75, 3.05) is 13.1 Å². The van der Waals surface area contributed by atoms with Crippen molar-refractivity contribution in [3.05, 3.63) is 35.4 Å². The van der Waals surface area contributed by atoms with Gasteiger partial charge in [-0.25, -0.2) is 0 Å². The molecule has 0 bridgehead atoms. The molecule has 1 saturated heterocycles. The Hall–Kier alpha value is -0.860. The Bertz CT molecular complexity index is 437. The quantitative estimate of drug-likeness (QED) is 0.866. The number of benzene rings is 1. The summed E-state index contributed by atoms with van der Waals surface area (Å²) in [6.45, 7) is 4.53. The van der Waals surface area contributed by atoms with Crippen molar-refractivity contribution in [2.45, 2.75) is 64.0 Å². The Morgan fingerprint density at radius 2 is 2.10 bits per heavy atom. The van der Waals surface area contributed by atoms with Gasteiger partial charge >= 0.3 is 0 Å². The minimum atomic E-state index is 0.741. The van der Waals surface area contributed by atoms with Gasteiger partial charge in [-0.2, -0.15) is 0 Å². The first-order valence-corrected chi connectivity index (χ1v) is 8.85. The van der Waals surface area contributed by atoms with Crippen LogP contribution in [0.15, 0.2) is 24.3 Å². The summed E-state index contributed by atoms with van der Waals surface area (Å²) in [4.78, 5) is 0. The van der Waals surface area contributed by atoms with E-state index in [1.165, 1.54) is 56.2 Å². The van der Waals surface area contributed by atoms with E-state index in [1.54, 1.807) is 0 Å². The van der Waals surface area contributed by atoms with Gasteiger partial charge in [0.25, 0.3) is 0 Å². The fourth-order valence-electron chi connectivity index (χ4n) is 4.24. The third kappa shape index (κ3) is 4.08. The first-order chi connectivity index (χ1) is 10.3. The summed E-state index contributed by atoms with van der Waals surface area (Å²) >= 11 is 0. The van der Waals surface area contributed by atoms with Crippen LogP contribution < -0.4 is 10.6 Å². The van der Waals surface area contributed by atoms with Gasteiger partial charge in [-0.3, -0.25) is 0 Å². The average Bonchev–Trinajstić information content (AvgIpc) is 2.97. The van der Waals surface area contributed by atoms with Gasteiger partial charge in [0, 0.05) is 12.1 Å². The Morgan fingerprint density at radius 1 is 1.14 bits per heavy atom. The first kappa shape index (κ1) is 15.1. The minimum absolute atomic E-state index is 0.741. The SMILES string of the molecule is Cc1cccc(CCNC2CCCC2C2CCCCN2)c1. The largest absolute Gasteiger partial charge is 0.314 e. The van der Waals surface area contributed by atoms with Gasteiger partial charge in [-0.1, -0.05) is 42.7 Å². The molecule has 3 rings (SSSR count). The van der Waals surface area contributed by atoms with E-state index in [9.17, 15) is 0 Å². The van der Waals surface area contributed by atoms with E-state index in [0.29, 0.717) is 0 Å². The van der Waals surface area contributed by atoms with Gasteiger partial charge in [-0.15, -0.1) is 0 Å². The number of piperidine rings is 1. The average molecular weight is 286 g/mol. The highest BCUT2D eigenvalue weighted by Gasteiger charge is 2.33. The van der Waals surface area contributed by atoms with E-state index in [0.717, 1.165) is 31.0 Å². The van der Waals surface area contributed by atoms with E-state index >= 15 is 0 Å². The predicted molar refractivity (Wildman–Crippen MR) is 89.7 cm³/mol. The zero-order valence-corrected chi connectivity index (χ0v) is 13.4. The molecule has 0 aromatic heterocycles. The van der Waals surface area contributed by atoms with Crippen LogP contribution in [0.25, 0.3) is 0 Å². The van der Waals surface area contributed by atoms with Crippen LogP contribution in [0.5, 0.6) is 0 Å². The molecule has 1 aliphatic heterocycles. The number of rotatable bonds is 5. The van der Waals surface area contributed by atoms with E-state index < -0.39 is 0 Å². The maximum absolute atomic E-state index is 3.86. The molecular formula is C19H30N2. The van der Waals surface area contributed by atoms with Crippen molar-refractivity contribution < 1.29 is 0 Å². The highest BCUT2D eigenvalue weighted by Crippen LogP contribution is 2.31. The summed E-state index contributed by atoms with van der Waals surface area (Å²) in [6.07, 6.45) is 9.53. The van der Waals surface area contributed by atoms with Gasteiger partial charge < -0.3 is 10.6 Å². The molecule has 1 aliphatic carbocycles. The van der Waals surface area contributed by atoms with Crippen LogP contribution in [-0.2, 0) is 6.42 Å². The third-order valence-electron chi connectivity index (χ3n) is 5.34. The zero-order valence-electron chi connectivity index (χ0n) is 13.4. The van der Waals surface area contributed by atoms with Crippen LogP contribution in [0.1, 0.15) is 49.7 Å². The summed E-state index contributed by atoms with van der Waals surface area (Å²) in [5.41, 5.74) is 2.84. The van der Waals surface area contributed by atoms with Crippen LogP contribution >= 0.6 is 0 Å². The molecule has 1 heterocycles. The molecule has 3 unspecified atom stereocenters. The standard InChI is InChI=1S/C19H30N2/c1-15-6-4-7-16(14-15)11-13-21-19-10-5-8-17(19)18-9-2-3-12-20-18/h4,6-7,14,17-21H,2-3,5,8-13H2,1H3. The van der Waals surface area contributed by atoms with Gasteiger partial charge in [0.2, 0.25) is 0 Å². The van der Waals surface area contributed by atoms with Gasteiger partial charge in [0.15, 0.2) is 0 Å². The summed E-state index contributed by atoms with van der Waals surface area (Å²) in [7, 11) is 0. The Kier molecular flexibility index (Phi) is 5.32. The van der Waals surface area contributed by atoms with Crippen LogP contribution in [0, 0.1) is 12.8 Å². The molecular weight excluding hydrogens is 256 g/mol. The lowest BCUT2D eigenvalue weighted by Gasteiger charge is -2.33. The van der Waals surface area contributed by atoms with E-state index in [1.807, 2.05) is 0 Å². The first-order valence-electron chi connectivity index (χ1n) is 8.85. The molecule has 1 aromatic rings. The summed E-state index contributed by atoms with van der Waals surface area (Å²) in [5.74, 6) is 0.864. The number of hydrogen-bond acceptors (Lipinski definition) is 2. The summed E-state index contributed by atoms with van der Waals surface area (Å²) in [6, 6.07) is 10.4. The number of aryl methyl sites for hydroxylation is 1. The second-order valence-corrected chi connectivity index (χ2v) is 6.95. The molecule has 2 heteroatoms. The van der Waals surface area contributed by atoms with Gasteiger partial charge in [0.1, 0.15) is 0 Å². The smallest absolute Gasteiger partial charge is 0.0110 e. The second kappa shape index (κ2) is 7.42. The second-order valence-electron chi connectivity index (χ2n) is 6.95. The van der Waals surface area contributed by atoms with Crippen molar-refractivity contribution >= 4 is 0 Å². The third-order valence-corrected chi connectivity index (χ3v) is 5.34. The zero-order chi connectivity index (χ0) is 14.5. The molecule has 0 radical (unpaired) electrons. The minimum Gasteiger partial charge on any atom is -0.314 e. The monoisotopic (exact) mass is 286 g/mol. The van der Waals surface area contributed by atoms with Crippen molar-refractivity contribution in [1.29, 1.82) is 0 Å². The Morgan fingerprint density at radius 3 is 2.90 bits per heavy atom. The van der Waals surface area contributed by atoms with Crippen molar-refractivity contribution in [3.8, 4) is 0 Å². The van der Waals surface area contributed by atoms with E-state index in [4.69, 9.17) is 0 Å². The molecule has 0 amide bonds. The molecule has 2 nitrogen and oxygen atoms in total. The highest BCUT2D eigenvalue weighted by molar-refractivity contribution is 5.22. The molecule has 2 aliphatic rings. The molecule has 2 fully saturated rings. The van der Waals surface area contributed by atoms with Crippen molar-refractivity contribution in [3.63, 3.8) is 0 Å². The number of nitrogens with one attached hydrogen (secondary N) is 2. The molecule has 116 valence electrons. The molecule has 21 heavy (non-hydrogen) atoms. The lowest BCUT2D eigenvalue weighted by Crippen LogP contribution is -2.47. The van der Waals surface area contributed by atoms with Crippen molar-refractivity contribution in [1.82, 2.24) is 10.6 Å². The highest BCUT2D eigenvalue weighted by atomic mass is 15.0. The normalized spacial score (nSPS) is 29.7. The predicted octanol–water partition coefficient (Wildman–Crippen LogP) is 3.44. The number of hydrogen-bond donors (Lipinski definition) is 2. The van der Waals surface area contributed by atoms with E-state index in [-0.39, 0.29) is 0 Å². The maximum atomic E-state index is 3.86. The summed E-state index contributed by atoms with van der Waals surface area (Å²) < 4.78 is 0. The van der Waals surface area contributed by atoms with Crippen LogP contribution in [0.4, 0.5) is 0 Å². The lowest BCUT2D eigenvalue weighted by atomic mass is 9.88. The molecule has 1 saturated carbocycles. The molecule has 0 spiro atoms. The molecule has 1 aromatic carbocycles. The van der Waals surface area contributed by atoms with E-state index in [2.05, 4.69) is 41.8 Å². The topological polar surface area (TPSA) is 24.1 Å². The van der Waals surface area contributed by atoms with Crippen molar-refractivity contribution in [2.24, 2.45) is 5.92 Å². The molecule has 3 atom stereocenters. The van der Waals surface area contributed by atoms with Gasteiger partial charge in [0.05, 0.1) is 0 Å². The fraction of sp³-hybridized carbons (Fsp3) is 0.684. The lowest BCUT2D eigenvalue weighted by molar-refractivity contribution is 0.258. The molecule has 2 N–H and O–H groups in total. The Balaban J connectivity index is 1.47. The fourth-order valence-corrected chi connectivity index (χ4v) is 4.24. The Labute approximate surface area is 129 Å². The van der Waals surface area contributed by atoms with Crippen LogP contribution in [-0.4, -0.2) is 25.2 Å². The summed E-state index contributed by atoms with van der Waals surface area (Å²) in [5, 5.41) is 7.62. The van der Waals surface area contributed by atoms with Gasteiger partial charge in [-0.05, 0) is 63.6 Å². The maximum Gasteiger partial charge on any atom is 0.0110 e. The van der Waals surface area contributed by atoms with Crippen LogP contribution in [0.3, 0.4) is 0 Å². The van der Waals surface area contributed by atoms with Crippen LogP contribution in [0.2, 0.25) is 0 Å².